The molecule has 0 aliphatic carbocycles. The maximum Gasteiger partial charge on any atom is 0.255 e. The molecule has 10 heteroatoms. The molecular weight excluding hydrogens is 446 g/mol. The van der Waals surface area contributed by atoms with Crippen LogP contribution in [0.15, 0.2) is 48.5 Å². The van der Waals surface area contributed by atoms with Crippen LogP contribution in [0.2, 0.25) is 0 Å². The Morgan fingerprint density at radius 2 is 1.73 bits per heavy atom. The van der Waals surface area contributed by atoms with Gasteiger partial charge in [0.15, 0.2) is 0 Å². The Labute approximate surface area is 194 Å². The first-order valence-electron chi connectivity index (χ1n) is 10.7. The van der Waals surface area contributed by atoms with Crippen molar-refractivity contribution in [3.8, 4) is 0 Å². The van der Waals surface area contributed by atoms with Gasteiger partial charge in [0.25, 0.3) is 11.8 Å². The molecule has 1 heterocycles. The van der Waals surface area contributed by atoms with Gasteiger partial charge in [0.05, 0.1) is 30.2 Å². The van der Waals surface area contributed by atoms with Crippen molar-refractivity contribution in [2.75, 3.05) is 51.9 Å². The number of methoxy groups -OCH3 is 1. The molecular formula is C23H29N3O6S. The van der Waals surface area contributed by atoms with E-state index in [-0.39, 0.29) is 11.7 Å². The van der Waals surface area contributed by atoms with Crippen LogP contribution in [0.1, 0.15) is 32.7 Å². The topological polar surface area (TPSA) is 114 Å². The average Bonchev–Trinajstić information content (AvgIpc) is 2.83. The number of ether oxygens (including phenoxy) is 2. The number of hydrogen-bond donors (Lipinski definition) is 2. The predicted octanol–water partition coefficient (Wildman–Crippen LogP) is 1.87. The van der Waals surface area contributed by atoms with E-state index in [1.54, 1.807) is 55.6 Å². The Bertz CT molecular complexity index is 1050. The van der Waals surface area contributed by atoms with Crippen molar-refractivity contribution in [1.82, 2.24) is 9.62 Å². The van der Waals surface area contributed by atoms with Gasteiger partial charge < -0.3 is 20.1 Å². The Balaban J connectivity index is 1.62. The molecule has 9 nitrogen and oxygen atoms in total. The fourth-order valence-corrected chi connectivity index (χ4v) is 4.88. The van der Waals surface area contributed by atoms with Crippen molar-refractivity contribution in [2.24, 2.45) is 0 Å². The summed E-state index contributed by atoms with van der Waals surface area (Å²) in [4.78, 5) is 25.2. The van der Waals surface area contributed by atoms with E-state index in [4.69, 9.17) is 9.47 Å². The lowest BCUT2D eigenvalue weighted by Crippen LogP contribution is -2.41. The van der Waals surface area contributed by atoms with Crippen LogP contribution in [0.4, 0.5) is 5.69 Å². The smallest absolute Gasteiger partial charge is 0.255 e. The molecule has 33 heavy (non-hydrogen) atoms. The van der Waals surface area contributed by atoms with Crippen molar-refractivity contribution in [1.29, 1.82) is 0 Å². The summed E-state index contributed by atoms with van der Waals surface area (Å²) in [5, 5.41) is 5.57. The summed E-state index contributed by atoms with van der Waals surface area (Å²) in [6.07, 6.45) is 0.685. The van der Waals surface area contributed by atoms with Gasteiger partial charge in [-0.25, -0.2) is 8.42 Å². The molecule has 0 bridgehead atoms. The standard InChI is InChI=1S/C23H29N3O6S/c1-31-14-4-11-24-23(28)20-5-2-3-6-21(20)25-22(27)19-9-7-18(8-10-19)17-33(29,30)26-12-15-32-16-13-26/h2-3,5-10H,4,11-17H2,1H3,(H,24,28)(H,25,27). The maximum absolute atomic E-state index is 12.7. The lowest BCUT2D eigenvalue weighted by atomic mass is 10.1. The van der Waals surface area contributed by atoms with E-state index in [1.807, 2.05) is 0 Å². The lowest BCUT2D eigenvalue weighted by Gasteiger charge is -2.26. The summed E-state index contributed by atoms with van der Waals surface area (Å²) in [5.74, 6) is -0.816. The highest BCUT2D eigenvalue weighted by Gasteiger charge is 2.24. The zero-order chi connectivity index (χ0) is 23.7. The van der Waals surface area contributed by atoms with Crippen molar-refractivity contribution < 1.29 is 27.5 Å². The normalized spacial score (nSPS) is 14.6. The number of hydrogen-bond acceptors (Lipinski definition) is 6. The predicted molar refractivity (Wildman–Crippen MR) is 125 cm³/mol. The van der Waals surface area contributed by atoms with Crippen LogP contribution in [-0.2, 0) is 25.2 Å². The molecule has 1 aliphatic heterocycles. The van der Waals surface area contributed by atoms with Crippen LogP contribution in [0.3, 0.4) is 0 Å². The molecule has 1 saturated heterocycles. The summed E-state index contributed by atoms with van der Waals surface area (Å²) in [5.41, 5.74) is 1.70. The summed E-state index contributed by atoms with van der Waals surface area (Å²) >= 11 is 0. The van der Waals surface area contributed by atoms with Crippen LogP contribution in [0.25, 0.3) is 0 Å². The maximum atomic E-state index is 12.7. The molecule has 2 amide bonds. The molecule has 0 unspecified atom stereocenters. The SMILES string of the molecule is COCCCNC(=O)c1ccccc1NC(=O)c1ccc(CS(=O)(=O)N2CCOCC2)cc1. The monoisotopic (exact) mass is 475 g/mol. The summed E-state index contributed by atoms with van der Waals surface area (Å²) in [6, 6.07) is 13.2. The average molecular weight is 476 g/mol. The van der Waals surface area contributed by atoms with Crippen LogP contribution in [-0.4, -0.2) is 71.1 Å². The molecule has 2 aromatic rings. The minimum atomic E-state index is -3.44. The molecule has 1 fully saturated rings. The van der Waals surface area contributed by atoms with E-state index < -0.39 is 15.9 Å². The fourth-order valence-electron chi connectivity index (χ4n) is 3.38. The van der Waals surface area contributed by atoms with E-state index in [9.17, 15) is 18.0 Å². The van der Waals surface area contributed by atoms with Crippen molar-refractivity contribution in [3.05, 3.63) is 65.2 Å². The number of sulfonamides is 1. The first-order valence-corrected chi connectivity index (χ1v) is 12.3. The summed E-state index contributed by atoms with van der Waals surface area (Å²) in [7, 11) is -1.84. The number of amides is 2. The van der Waals surface area contributed by atoms with Gasteiger partial charge in [0, 0.05) is 38.9 Å². The number of anilines is 1. The summed E-state index contributed by atoms with van der Waals surface area (Å²) in [6.45, 7) is 2.49. The molecule has 1 aliphatic rings. The van der Waals surface area contributed by atoms with Gasteiger partial charge in [-0.1, -0.05) is 24.3 Å². The first kappa shape index (κ1) is 24.8. The van der Waals surface area contributed by atoms with Gasteiger partial charge in [0.2, 0.25) is 10.0 Å². The molecule has 0 aromatic heterocycles. The Hall–Kier alpha value is -2.79. The van der Waals surface area contributed by atoms with Crippen LogP contribution in [0.5, 0.6) is 0 Å². The second kappa shape index (κ2) is 11.9. The van der Waals surface area contributed by atoms with Gasteiger partial charge >= 0.3 is 0 Å². The number of carbonyl (C=O) groups is 2. The van der Waals surface area contributed by atoms with E-state index >= 15 is 0 Å². The minimum absolute atomic E-state index is 0.138. The Morgan fingerprint density at radius 1 is 1.03 bits per heavy atom. The van der Waals surface area contributed by atoms with Crippen LogP contribution >= 0.6 is 0 Å². The molecule has 178 valence electrons. The van der Waals surface area contributed by atoms with E-state index in [1.165, 1.54) is 4.31 Å². The number of nitrogens with zero attached hydrogens (tertiary/aromatic N) is 1. The van der Waals surface area contributed by atoms with Crippen molar-refractivity contribution in [3.63, 3.8) is 0 Å². The third kappa shape index (κ3) is 7.10. The highest BCUT2D eigenvalue weighted by molar-refractivity contribution is 7.88. The molecule has 0 atom stereocenters. The largest absolute Gasteiger partial charge is 0.385 e. The second-order valence-electron chi connectivity index (χ2n) is 7.57. The molecule has 0 radical (unpaired) electrons. The summed E-state index contributed by atoms with van der Waals surface area (Å²) < 4.78 is 36.8. The zero-order valence-electron chi connectivity index (χ0n) is 18.6. The van der Waals surface area contributed by atoms with Crippen molar-refractivity contribution in [2.45, 2.75) is 12.2 Å². The quantitative estimate of drug-likeness (QED) is 0.507. The number of nitrogens with one attached hydrogen (secondary N) is 2. The van der Waals surface area contributed by atoms with E-state index in [2.05, 4.69) is 10.6 Å². The Morgan fingerprint density at radius 3 is 2.42 bits per heavy atom. The third-order valence-corrected chi connectivity index (χ3v) is 7.01. The van der Waals surface area contributed by atoms with Gasteiger partial charge in [0.1, 0.15) is 0 Å². The fraction of sp³-hybridized carbons (Fsp3) is 0.391. The third-order valence-electron chi connectivity index (χ3n) is 5.16. The molecule has 3 rings (SSSR count). The lowest BCUT2D eigenvalue weighted by molar-refractivity contribution is 0.0729. The number of morpholine rings is 1. The minimum Gasteiger partial charge on any atom is -0.385 e. The first-order chi connectivity index (χ1) is 15.9. The van der Waals surface area contributed by atoms with Crippen LogP contribution < -0.4 is 10.6 Å². The highest BCUT2D eigenvalue weighted by atomic mass is 32.2. The zero-order valence-corrected chi connectivity index (χ0v) is 19.4. The molecule has 0 saturated carbocycles. The van der Waals surface area contributed by atoms with Gasteiger partial charge in [-0.15, -0.1) is 0 Å². The van der Waals surface area contributed by atoms with Gasteiger partial charge in [-0.05, 0) is 36.2 Å². The number of para-hydroxylation sites is 1. The number of carbonyl (C=O) groups excluding carboxylic acids is 2. The van der Waals surface area contributed by atoms with E-state index in [0.717, 1.165) is 0 Å². The van der Waals surface area contributed by atoms with Gasteiger partial charge in [-0.2, -0.15) is 4.31 Å². The highest BCUT2D eigenvalue weighted by Crippen LogP contribution is 2.18. The number of rotatable bonds is 10. The Kier molecular flexibility index (Phi) is 8.95. The van der Waals surface area contributed by atoms with Crippen LogP contribution in [0, 0.1) is 0 Å². The molecule has 2 aromatic carbocycles. The molecule has 0 spiro atoms. The number of benzene rings is 2. The second-order valence-corrected chi connectivity index (χ2v) is 9.54. The van der Waals surface area contributed by atoms with E-state index in [0.29, 0.717) is 68.3 Å². The van der Waals surface area contributed by atoms with Gasteiger partial charge in [-0.3, -0.25) is 9.59 Å². The van der Waals surface area contributed by atoms with Crippen molar-refractivity contribution >= 4 is 27.5 Å². The molecule has 2 N–H and O–H groups in total.